The summed E-state index contributed by atoms with van der Waals surface area (Å²) in [6.07, 6.45) is 7.36. The van der Waals surface area contributed by atoms with Gasteiger partial charge < -0.3 is 5.11 Å². The van der Waals surface area contributed by atoms with Gasteiger partial charge in [0.15, 0.2) is 0 Å². The SMILES string of the molecule is CC(CO)CC1=CCC[C@@H](C(C)C)C1. The van der Waals surface area contributed by atoms with Gasteiger partial charge in [-0.3, -0.25) is 0 Å². The molecule has 0 amide bonds. The largest absolute Gasteiger partial charge is 0.396 e. The Morgan fingerprint density at radius 2 is 2.14 bits per heavy atom. The molecule has 0 aromatic carbocycles. The summed E-state index contributed by atoms with van der Waals surface area (Å²) in [5, 5.41) is 9.01. The zero-order valence-corrected chi connectivity index (χ0v) is 9.79. The lowest BCUT2D eigenvalue weighted by atomic mass is 9.79. The molecule has 1 rings (SSSR count). The van der Waals surface area contributed by atoms with Crippen molar-refractivity contribution in [3.8, 4) is 0 Å². The van der Waals surface area contributed by atoms with Crippen molar-refractivity contribution in [1.29, 1.82) is 0 Å². The summed E-state index contributed by atoms with van der Waals surface area (Å²) in [4.78, 5) is 0. The van der Waals surface area contributed by atoms with Crippen LogP contribution in [0.25, 0.3) is 0 Å². The summed E-state index contributed by atoms with van der Waals surface area (Å²) in [6, 6.07) is 0. The van der Waals surface area contributed by atoms with Crippen LogP contribution in [0.3, 0.4) is 0 Å². The molecule has 1 unspecified atom stereocenters. The fourth-order valence-corrected chi connectivity index (χ4v) is 2.27. The highest BCUT2D eigenvalue weighted by Gasteiger charge is 2.19. The molecule has 1 aliphatic carbocycles. The van der Waals surface area contributed by atoms with E-state index in [1.807, 2.05) is 0 Å². The van der Waals surface area contributed by atoms with Gasteiger partial charge in [-0.15, -0.1) is 0 Å². The number of aliphatic hydroxyl groups excluding tert-OH is 1. The Morgan fingerprint density at radius 3 is 2.71 bits per heavy atom. The first kappa shape index (κ1) is 11.8. The highest BCUT2D eigenvalue weighted by atomic mass is 16.3. The molecular formula is C13H24O. The van der Waals surface area contributed by atoms with E-state index in [-0.39, 0.29) is 0 Å². The number of allylic oxidation sites excluding steroid dienone is 2. The molecule has 0 saturated carbocycles. The van der Waals surface area contributed by atoms with Gasteiger partial charge in [0.2, 0.25) is 0 Å². The molecule has 0 spiro atoms. The van der Waals surface area contributed by atoms with Crippen molar-refractivity contribution in [2.45, 2.75) is 46.5 Å². The number of hydrogen-bond acceptors (Lipinski definition) is 1. The van der Waals surface area contributed by atoms with Crippen molar-refractivity contribution in [3.05, 3.63) is 11.6 Å². The van der Waals surface area contributed by atoms with Crippen LogP contribution in [0.1, 0.15) is 46.5 Å². The maximum absolute atomic E-state index is 9.01. The monoisotopic (exact) mass is 196 g/mol. The van der Waals surface area contributed by atoms with Crippen molar-refractivity contribution in [3.63, 3.8) is 0 Å². The molecule has 1 heteroatoms. The van der Waals surface area contributed by atoms with Crippen LogP contribution in [0.4, 0.5) is 0 Å². The Kier molecular flexibility index (Phi) is 4.67. The fourth-order valence-electron chi connectivity index (χ4n) is 2.27. The number of aliphatic hydroxyl groups is 1. The number of rotatable bonds is 4. The second-order valence-corrected chi connectivity index (χ2v) is 5.14. The Bertz CT molecular complexity index is 193. The van der Waals surface area contributed by atoms with Gasteiger partial charge in [-0.05, 0) is 43.4 Å². The molecular weight excluding hydrogens is 172 g/mol. The topological polar surface area (TPSA) is 20.2 Å². The van der Waals surface area contributed by atoms with Crippen LogP contribution in [0.2, 0.25) is 0 Å². The zero-order valence-electron chi connectivity index (χ0n) is 9.79. The van der Waals surface area contributed by atoms with Gasteiger partial charge in [-0.25, -0.2) is 0 Å². The van der Waals surface area contributed by atoms with Gasteiger partial charge in [0.05, 0.1) is 0 Å². The molecule has 0 aliphatic heterocycles. The van der Waals surface area contributed by atoms with E-state index in [4.69, 9.17) is 5.11 Å². The molecule has 82 valence electrons. The molecule has 0 radical (unpaired) electrons. The highest BCUT2D eigenvalue weighted by Crippen LogP contribution is 2.32. The van der Waals surface area contributed by atoms with Crippen molar-refractivity contribution in [1.82, 2.24) is 0 Å². The zero-order chi connectivity index (χ0) is 10.6. The van der Waals surface area contributed by atoms with Crippen LogP contribution in [-0.2, 0) is 0 Å². The molecule has 1 N–H and O–H groups in total. The van der Waals surface area contributed by atoms with E-state index >= 15 is 0 Å². The predicted molar refractivity (Wildman–Crippen MR) is 61.1 cm³/mol. The van der Waals surface area contributed by atoms with Crippen LogP contribution in [0.5, 0.6) is 0 Å². The average molecular weight is 196 g/mol. The van der Waals surface area contributed by atoms with Gasteiger partial charge in [0, 0.05) is 6.61 Å². The van der Waals surface area contributed by atoms with Crippen molar-refractivity contribution < 1.29 is 5.11 Å². The van der Waals surface area contributed by atoms with E-state index in [1.54, 1.807) is 5.57 Å². The minimum Gasteiger partial charge on any atom is -0.396 e. The minimum absolute atomic E-state index is 0.323. The Labute approximate surface area is 88.2 Å². The molecule has 0 aromatic rings. The smallest absolute Gasteiger partial charge is 0.0459 e. The quantitative estimate of drug-likeness (QED) is 0.683. The maximum atomic E-state index is 9.01. The lowest BCUT2D eigenvalue weighted by molar-refractivity contribution is 0.232. The molecule has 1 aliphatic rings. The third-order valence-electron chi connectivity index (χ3n) is 3.36. The van der Waals surface area contributed by atoms with Crippen molar-refractivity contribution >= 4 is 0 Å². The van der Waals surface area contributed by atoms with E-state index in [0.29, 0.717) is 12.5 Å². The highest BCUT2D eigenvalue weighted by molar-refractivity contribution is 5.07. The predicted octanol–water partition coefficient (Wildman–Crippen LogP) is 3.39. The fraction of sp³-hybridized carbons (Fsp3) is 0.846. The van der Waals surface area contributed by atoms with Crippen LogP contribution in [0, 0.1) is 17.8 Å². The second kappa shape index (κ2) is 5.55. The lowest BCUT2D eigenvalue weighted by Crippen LogP contribution is -2.14. The van der Waals surface area contributed by atoms with E-state index < -0.39 is 0 Å². The standard InChI is InChI=1S/C13H24O/c1-10(2)13-6-4-5-12(8-13)7-11(3)9-14/h5,10-11,13-14H,4,6-9H2,1-3H3/t11?,13-/m1/s1. The first-order chi connectivity index (χ1) is 6.63. The second-order valence-electron chi connectivity index (χ2n) is 5.14. The summed E-state index contributed by atoms with van der Waals surface area (Å²) in [5.41, 5.74) is 1.58. The van der Waals surface area contributed by atoms with Gasteiger partial charge in [-0.2, -0.15) is 0 Å². The molecule has 2 atom stereocenters. The van der Waals surface area contributed by atoms with Crippen LogP contribution in [-0.4, -0.2) is 11.7 Å². The third kappa shape index (κ3) is 3.45. The Morgan fingerprint density at radius 1 is 1.43 bits per heavy atom. The van der Waals surface area contributed by atoms with E-state index in [0.717, 1.165) is 18.3 Å². The van der Waals surface area contributed by atoms with Crippen LogP contribution >= 0.6 is 0 Å². The maximum Gasteiger partial charge on any atom is 0.0459 e. The van der Waals surface area contributed by atoms with E-state index in [1.165, 1.54) is 19.3 Å². The number of hydrogen-bond donors (Lipinski definition) is 1. The lowest BCUT2D eigenvalue weighted by Gasteiger charge is -2.27. The summed E-state index contributed by atoms with van der Waals surface area (Å²) >= 11 is 0. The third-order valence-corrected chi connectivity index (χ3v) is 3.36. The molecule has 0 heterocycles. The minimum atomic E-state index is 0.323. The summed E-state index contributed by atoms with van der Waals surface area (Å²) < 4.78 is 0. The molecule has 0 aromatic heterocycles. The molecule has 0 bridgehead atoms. The van der Waals surface area contributed by atoms with Crippen LogP contribution < -0.4 is 0 Å². The van der Waals surface area contributed by atoms with E-state index in [2.05, 4.69) is 26.8 Å². The van der Waals surface area contributed by atoms with Gasteiger partial charge in [0.25, 0.3) is 0 Å². The first-order valence-corrected chi connectivity index (χ1v) is 5.92. The summed E-state index contributed by atoms with van der Waals surface area (Å²) in [7, 11) is 0. The first-order valence-electron chi connectivity index (χ1n) is 5.92. The molecule has 1 nitrogen and oxygen atoms in total. The average Bonchev–Trinajstić information content (AvgIpc) is 2.18. The van der Waals surface area contributed by atoms with E-state index in [9.17, 15) is 0 Å². The van der Waals surface area contributed by atoms with Crippen molar-refractivity contribution in [2.75, 3.05) is 6.61 Å². The Balaban J connectivity index is 2.43. The summed E-state index contributed by atoms with van der Waals surface area (Å²) in [6.45, 7) is 7.09. The van der Waals surface area contributed by atoms with Gasteiger partial charge in [-0.1, -0.05) is 32.4 Å². The normalized spacial score (nSPS) is 24.9. The van der Waals surface area contributed by atoms with Crippen molar-refractivity contribution in [2.24, 2.45) is 17.8 Å². The Hall–Kier alpha value is -0.300. The van der Waals surface area contributed by atoms with Gasteiger partial charge in [0.1, 0.15) is 0 Å². The van der Waals surface area contributed by atoms with Gasteiger partial charge >= 0.3 is 0 Å². The molecule has 0 saturated heterocycles. The van der Waals surface area contributed by atoms with Crippen LogP contribution in [0.15, 0.2) is 11.6 Å². The molecule has 14 heavy (non-hydrogen) atoms. The summed E-state index contributed by atoms with van der Waals surface area (Å²) in [5.74, 6) is 2.12. The molecule has 0 fully saturated rings.